The highest BCUT2D eigenvalue weighted by Crippen LogP contribution is 2.27. The molecule has 1 aromatic carbocycles. The minimum Gasteiger partial charge on any atom is -0.449 e. The van der Waals surface area contributed by atoms with Crippen LogP contribution in [0, 0.1) is 0 Å². The van der Waals surface area contributed by atoms with Gasteiger partial charge in [-0.05, 0) is 37.1 Å². The van der Waals surface area contributed by atoms with E-state index in [1.54, 1.807) is 11.0 Å². The topological polar surface area (TPSA) is 41.6 Å². The molecule has 1 aliphatic heterocycles. The van der Waals surface area contributed by atoms with E-state index in [4.69, 9.17) is 28.6 Å². The molecular weight excluding hydrogens is 308 g/mol. The number of nitrogens with zero attached hydrogens (tertiary/aromatic N) is 1. The molecule has 0 aromatic heterocycles. The zero-order valence-electron chi connectivity index (χ0n) is 12.2. The lowest BCUT2D eigenvalue weighted by Crippen LogP contribution is -2.42. The van der Waals surface area contributed by atoms with Crippen molar-refractivity contribution in [3.05, 3.63) is 28.8 Å². The Bertz CT molecular complexity index is 550. The van der Waals surface area contributed by atoms with E-state index in [2.05, 4.69) is 12.2 Å². The Balaban J connectivity index is 2.20. The summed E-state index contributed by atoms with van der Waals surface area (Å²) in [5, 5.41) is 3.81. The molecule has 1 aromatic rings. The zero-order chi connectivity index (χ0) is 15.4. The average molecular weight is 327 g/mol. The van der Waals surface area contributed by atoms with Crippen LogP contribution in [0.25, 0.3) is 0 Å². The minimum absolute atomic E-state index is 0.222. The molecule has 0 saturated carbocycles. The molecule has 0 bridgehead atoms. The Labute approximate surface area is 135 Å². The summed E-state index contributed by atoms with van der Waals surface area (Å²) in [6.07, 6.45) is 1.51. The number of hydrogen-bond acceptors (Lipinski definition) is 3. The van der Waals surface area contributed by atoms with E-state index < -0.39 is 0 Å². The van der Waals surface area contributed by atoms with Gasteiger partial charge in [-0.1, -0.05) is 37.2 Å². The summed E-state index contributed by atoms with van der Waals surface area (Å²) in [6, 6.07) is 5.30. The number of carbonyl (C=O) groups excluding carboxylic acids is 1. The molecule has 0 aliphatic carbocycles. The molecule has 0 fully saturated rings. The molecule has 4 nitrogen and oxygen atoms in total. The minimum atomic E-state index is -0.340. The number of rotatable bonds is 3. The molecule has 21 heavy (non-hydrogen) atoms. The molecule has 1 N–H and O–H groups in total. The molecule has 0 spiro atoms. The highest BCUT2D eigenvalue weighted by molar-refractivity contribution is 7.80. The Kier molecular flexibility index (Phi) is 5.42. The van der Waals surface area contributed by atoms with Crippen LogP contribution in [0.5, 0.6) is 0 Å². The molecule has 1 aliphatic rings. The molecule has 1 amide bonds. The number of carbonyl (C=O) groups is 1. The SMILES string of the molecule is CCCCOC(=O)N1Cc2cc(Cl)ccc2NC(=S)C1C. The summed E-state index contributed by atoms with van der Waals surface area (Å²) in [4.78, 5) is 14.5. The van der Waals surface area contributed by atoms with Crippen LogP contribution < -0.4 is 5.32 Å². The number of ether oxygens (including phenoxy) is 1. The first-order valence-corrected chi connectivity index (χ1v) is 7.84. The van der Waals surface area contributed by atoms with E-state index in [1.165, 1.54) is 0 Å². The number of fused-ring (bicyclic) bond motifs is 1. The van der Waals surface area contributed by atoms with Gasteiger partial charge >= 0.3 is 6.09 Å². The van der Waals surface area contributed by atoms with E-state index in [1.807, 2.05) is 19.1 Å². The maximum Gasteiger partial charge on any atom is 0.410 e. The van der Waals surface area contributed by atoms with Crippen molar-refractivity contribution in [3.8, 4) is 0 Å². The second-order valence-corrected chi connectivity index (χ2v) is 5.94. The molecule has 1 unspecified atom stereocenters. The molecule has 6 heteroatoms. The lowest BCUT2D eigenvalue weighted by atomic mass is 10.1. The van der Waals surface area contributed by atoms with Crippen LogP contribution >= 0.6 is 23.8 Å². The first kappa shape index (κ1) is 16.0. The molecule has 0 radical (unpaired) electrons. The van der Waals surface area contributed by atoms with Crippen LogP contribution in [0.4, 0.5) is 10.5 Å². The second-order valence-electron chi connectivity index (χ2n) is 5.06. The third kappa shape index (κ3) is 3.86. The van der Waals surface area contributed by atoms with Crippen molar-refractivity contribution in [2.24, 2.45) is 0 Å². The van der Waals surface area contributed by atoms with Crippen LogP contribution in [0.15, 0.2) is 18.2 Å². The number of hydrogen-bond donors (Lipinski definition) is 1. The highest BCUT2D eigenvalue weighted by Gasteiger charge is 2.29. The van der Waals surface area contributed by atoms with Crippen molar-refractivity contribution in [1.82, 2.24) is 4.90 Å². The van der Waals surface area contributed by atoms with E-state index in [0.717, 1.165) is 24.1 Å². The maximum absolute atomic E-state index is 12.3. The van der Waals surface area contributed by atoms with Gasteiger partial charge in [0, 0.05) is 10.7 Å². The van der Waals surface area contributed by atoms with Gasteiger partial charge in [-0.25, -0.2) is 4.79 Å². The quantitative estimate of drug-likeness (QED) is 0.667. The van der Waals surface area contributed by atoms with E-state index in [0.29, 0.717) is 23.2 Å². The number of amides is 1. The molecule has 1 atom stereocenters. The fraction of sp³-hybridized carbons (Fsp3) is 0.467. The Morgan fingerprint density at radius 3 is 3.05 bits per heavy atom. The average Bonchev–Trinajstić information content (AvgIpc) is 2.57. The van der Waals surface area contributed by atoms with Crippen molar-refractivity contribution in [3.63, 3.8) is 0 Å². The number of thiocarbonyl (C=S) groups is 1. The molecule has 2 rings (SSSR count). The van der Waals surface area contributed by atoms with Gasteiger partial charge in [0.1, 0.15) is 4.99 Å². The predicted molar refractivity (Wildman–Crippen MR) is 88.9 cm³/mol. The van der Waals surface area contributed by atoms with Crippen molar-refractivity contribution in [1.29, 1.82) is 0 Å². The highest BCUT2D eigenvalue weighted by atomic mass is 35.5. The standard InChI is InChI=1S/C15H19ClN2O2S/c1-3-4-7-20-15(19)18-9-11-8-12(16)5-6-13(11)17-14(21)10(18)2/h5-6,8,10H,3-4,7,9H2,1-2H3,(H,17,21). The van der Waals surface area contributed by atoms with Crippen LogP contribution in [-0.2, 0) is 11.3 Å². The third-order valence-electron chi connectivity index (χ3n) is 3.47. The Hall–Kier alpha value is -1.33. The van der Waals surface area contributed by atoms with Crippen molar-refractivity contribution < 1.29 is 9.53 Å². The number of anilines is 1. The van der Waals surface area contributed by atoms with Crippen LogP contribution in [-0.4, -0.2) is 28.6 Å². The lowest BCUT2D eigenvalue weighted by Gasteiger charge is -2.26. The number of unbranched alkanes of at least 4 members (excludes halogenated alkanes) is 1. The Morgan fingerprint density at radius 1 is 1.57 bits per heavy atom. The largest absolute Gasteiger partial charge is 0.449 e. The van der Waals surface area contributed by atoms with Gasteiger partial charge in [0.25, 0.3) is 0 Å². The third-order valence-corrected chi connectivity index (χ3v) is 4.15. The van der Waals surface area contributed by atoms with E-state index >= 15 is 0 Å². The number of nitrogens with one attached hydrogen (secondary N) is 1. The maximum atomic E-state index is 12.3. The first-order valence-electron chi connectivity index (χ1n) is 7.05. The summed E-state index contributed by atoms with van der Waals surface area (Å²) < 4.78 is 5.31. The normalized spacial score (nSPS) is 17.8. The molecule has 114 valence electrons. The van der Waals surface area contributed by atoms with Gasteiger partial charge in [-0.15, -0.1) is 0 Å². The summed E-state index contributed by atoms with van der Waals surface area (Å²) in [5.41, 5.74) is 1.82. The fourth-order valence-corrected chi connectivity index (χ4v) is 2.56. The number of halogens is 1. The Morgan fingerprint density at radius 2 is 2.33 bits per heavy atom. The summed E-state index contributed by atoms with van der Waals surface area (Å²) >= 11 is 11.4. The summed E-state index contributed by atoms with van der Waals surface area (Å²) in [5.74, 6) is 0. The second kappa shape index (κ2) is 7.09. The van der Waals surface area contributed by atoms with Gasteiger partial charge in [0.05, 0.1) is 19.2 Å². The predicted octanol–water partition coefficient (Wildman–Crippen LogP) is 4.22. The summed E-state index contributed by atoms with van der Waals surface area (Å²) in [6.45, 7) is 4.81. The van der Waals surface area contributed by atoms with Crippen LogP contribution in [0.3, 0.4) is 0 Å². The van der Waals surface area contributed by atoms with Gasteiger partial charge in [-0.3, -0.25) is 4.90 Å². The van der Waals surface area contributed by atoms with Gasteiger partial charge in [-0.2, -0.15) is 0 Å². The smallest absolute Gasteiger partial charge is 0.410 e. The number of benzene rings is 1. The van der Waals surface area contributed by atoms with Crippen molar-refractivity contribution in [2.75, 3.05) is 11.9 Å². The van der Waals surface area contributed by atoms with Crippen LogP contribution in [0.1, 0.15) is 32.3 Å². The van der Waals surface area contributed by atoms with Gasteiger partial charge in [0.2, 0.25) is 0 Å². The lowest BCUT2D eigenvalue weighted by molar-refractivity contribution is 0.0946. The van der Waals surface area contributed by atoms with Gasteiger partial charge < -0.3 is 10.1 Å². The molecule has 0 saturated heterocycles. The molecule has 1 heterocycles. The fourth-order valence-electron chi connectivity index (χ4n) is 2.12. The summed E-state index contributed by atoms with van der Waals surface area (Å²) in [7, 11) is 0. The van der Waals surface area contributed by atoms with E-state index in [9.17, 15) is 4.79 Å². The molecular formula is C15H19ClN2O2S. The zero-order valence-corrected chi connectivity index (χ0v) is 13.8. The van der Waals surface area contributed by atoms with Crippen molar-refractivity contribution >= 4 is 40.6 Å². The van der Waals surface area contributed by atoms with Crippen LogP contribution in [0.2, 0.25) is 5.02 Å². The van der Waals surface area contributed by atoms with Crippen molar-refractivity contribution in [2.45, 2.75) is 39.3 Å². The van der Waals surface area contributed by atoms with Gasteiger partial charge in [0.15, 0.2) is 0 Å². The first-order chi connectivity index (χ1) is 10.0. The monoisotopic (exact) mass is 326 g/mol. The van der Waals surface area contributed by atoms with E-state index in [-0.39, 0.29) is 12.1 Å².